The van der Waals surface area contributed by atoms with Gasteiger partial charge in [0.05, 0.1) is 6.10 Å². The first-order chi connectivity index (χ1) is 16.4. The summed E-state index contributed by atoms with van der Waals surface area (Å²) in [5.74, 6) is 7.08. The van der Waals surface area contributed by atoms with Crippen molar-refractivity contribution < 1.29 is 19.1 Å². The summed E-state index contributed by atoms with van der Waals surface area (Å²) in [5.41, 5.74) is 2.91. The molecule has 2 aromatic rings. The number of hydrogen-bond donors (Lipinski definition) is 0. The molecule has 3 rings (SSSR count). The summed E-state index contributed by atoms with van der Waals surface area (Å²) in [5, 5.41) is 0. The van der Waals surface area contributed by atoms with Gasteiger partial charge in [-0.3, -0.25) is 9.69 Å². The maximum atomic E-state index is 13.3. The molecule has 0 unspecified atom stereocenters. The summed E-state index contributed by atoms with van der Waals surface area (Å²) in [6, 6.07) is 13.0. The molecule has 0 radical (unpaired) electrons. The van der Waals surface area contributed by atoms with Crippen molar-refractivity contribution in [3.05, 3.63) is 59.2 Å². The number of anilines is 1. The number of ether oxygens (including phenoxy) is 2. The Morgan fingerprint density at radius 2 is 1.69 bits per heavy atom. The second kappa shape index (κ2) is 10.9. The third-order valence-corrected chi connectivity index (χ3v) is 5.63. The van der Waals surface area contributed by atoms with Gasteiger partial charge in [-0.25, -0.2) is 4.79 Å². The van der Waals surface area contributed by atoms with Gasteiger partial charge in [-0.1, -0.05) is 11.8 Å². The maximum Gasteiger partial charge on any atom is 0.410 e. The van der Waals surface area contributed by atoms with Crippen LogP contribution in [0.25, 0.3) is 0 Å². The van der Waals surface area contributed by atoms with E-state index in [0.29, 0.717) is 13.0 Å². The highest BCUT2D eigenvalue weighted by atomic mass is 16.6. The van der Waals surface area contributed by atoms with Crippen LogP contribution in [-0.4, -0.2) is 48.2 Å². The molecule has 1 aliphatic rings. The minimum Gasteiger partial charge on any atom is -0.491 e. The molecule has 0 aromatic heterocycles. The zero-order valence-electron chi connectivity index (χ0n) is 21.8. The van der Waals surface area contributed by atoms with Crippen LogP contribution in [0.5, 0.6) is 5.75 Å². The van der Waals surface area contributed by atoms with Crippen LogP contribution in [0.3, 0.4) is 0 Å². The molecule has 0 saturated carbocycles. The fraction of sp³-hybridized carbons (Fsp3) is 0.448. The number of carbonyl (C=O) groups excluding carboxylic acids is 2. The third-order valence-electron chi connectivity index (χ3n) is 5.63. The molecule has 0 aliphatic carbocycles. The van der Waals surface area contributed by atoms with E-state index in [4.69, 9.17) is 9.47 Å². The number of amides is 2. The Kier molecular flexibility index (Phi) is 8.11. The summed E-state index contributed by atoms with van der Waals surface area (Å²) < 4.78 is 11.2. The molecule has 6 heteroatoms. The van der Waals surface area contributed by atoms with E-state index >= 15 is 0 Å². The molecule has 6 nitrogen and oxygen atoms in total. The molecule has 1 atom stereocenters. The van der Waals surface area contributed by atoms with E-state index in [-0.39, 0.29) is 12.0 Å². The number of benzene rings is 2. The topological polar surface area (TPSA) is 59.1 Å². The van der Waals surface area contributed by atoms with Crippen molar-refractivity contribution in [1.82, 2.24) is 4.90 Å². The molecule has 1 heterocycles. The fourth-order valence-corrected chi connectivity index (χ4v) is 4.05. The van der Waals surface area contributed by atoms with E-state index in [2.05, 4.69) is 11.8 Å². The summed E-state index contributed by atoms with van der Waals surface area (Å²) >= 11 is 0. The zero-order valence-corrected chi connectivity index (χ0v) is 21.8. The van der Waals surface area contributed by atoms with Crippen LogP contribution in [0.4, 0.5) is 10.5 Å². The van der Waals surface area contributed by atoms with Crippen molar-refractivity contribution in [2.24, 2.45) is 0 Å². The predicted octanol–water partition coefficient (Wildman–Crippen LogP) is 5.54. The van der Waals surface area contributed by atoms with Gasteiger partial charge in [-0.2, -0.15) is 0 Å². The number of likely N-dealkylation sites (tertiary alicyclic amines) is 1. The second-order valence-electron chi connectivity index (χ2n) is 10.2. The molecule has 0 N–H and O–H groups in total. The maximum absolute atomic E-state index is 13.3. The number of hydrogen-bond acceptors (Lipinski definition) is 4. The molecule has 0 spiro atoms. The van der Waals surface area contributed by atoms with Crippen molar-refractivity contribution in [2.75, 3.05) is 18.5 Å². The van der Waals surface area contributed by atoms with Crippen molar-refractivity contribution >= 4 is 17.7 Å². The van der Waals surface area contributed by atoms with E-state index < -0.39 is 17.7 Å². The smallest absolute Gasteiger partial charge is 0.410 e. The molecular formula is C29H36N2O4. The molecule has 1 aliphatic heterocycles. The molecule has 1 fully saturated rings. The molecule has 1 saturated heterocycles. The van der Waals surface area contributed by atoms with E-state index in [0.717, 1.165) is 34.5 Å². The minimum atomic E-state index is -0.601. The number of nitrogens with zero attached hydrogens (tertiary/aromatic N) is 2. The van der Waals surface area contributed by atoms with Gasteiger partial charge in [0.25, 0.3) is 0 Å². The monoisotopic (exact) mass is 476 g/mol. The molecule has 2 aromatic carbocycles. The number of aryl methyl sites for hydroxylation is 1. The lowest BCUT2D eigenvalue weighted by molar-refractivity contribution is -0.122. The van der Waals surface area contributed by atoms with E-state index in [1.807, 2.05) is 84.0 Å². The lowest BCUT2D eigenvalue weighted by Crippen LogP contribution is -2.48. The predicted molar refractivity (Wildman–Crippen MR) is 139 cm³/mol. The Hall–Kier alpha value is -3.46. The van der Waals surface area contributed by atoms with Gasteiger partial charge < -0.3 is 14.4 Å². The Morgan fingerprint density at radius 1 is 1.06 bits per heavy atom. The molecule has 35 heavy (non-hydrogen) atoms. The first-order valence-electron chi connectivity index (χ1n) is 12.1. The second-order valence-corrected chi connectivity index (χ2v) is 10.2. The average molecular weight is 477 g/mol. The number of likely N-dealkylation sites (N-methyl/N-ethyl adjacent to an activating group) is 1. The Labute approximate surface area is 209 Å². The Bertz CT molecular complexity index is 1120. The van der Waals surface area contributed by atoms with Gasteiger partial charge in [0.2, 0.25) is 5.91 Å². The number of carbonyl (C=O) groups is 2. The van der Waals surface area contributed by atoms with Crippen molar-refractivity contribution in [3.8, 4) is 17.6 Å². The van der Waals surface area contributed by atoms with Crippen LogP contribution in [-0.2, 0) is 9.53 Å². The minimum absolute atomic E-state index is 0.112. The Morgan fingerprint density at radius 3 is 2.29 bits per heavy atom. The normalized spacial score (nSPS) is 15.4. The van der Waals surface area contributed by atoms with Gasteiger partial charge in [0, 0.05) is 30.4 Å². The average Bonchev–Trinajstić information content (AvgIpc) is 3.26. The standard InChI is InChI=1S/C29H36N2O4/c1-20(2)34-24-15-12-22(13-16-24)10-11-23-14-17-25(21(3)19-23)30(7)27(32)26-9-8-18-31(26)28(33)35-29(4,5)6/h12-17,19-20,26H,8-9,18H2,1-7H3/t26-/m1/s1. The summed E-state index contributed by atoms with van der Waals surface area (Å²) in [6.45, 7) is 12.0. The highest BCUT2D eigenvalue weighted by molar-refractivity contribution is 5.99. The van der Waals surface area contributed by atoms with Gasteiger partial charge in [-0.15, -0.1) is 0 Å². The van der Waals surface area contributed by atoms with Crippen LogP contribution in [0.15, 0.2) is 42.5 Å². The SMILES string of the molecule is Cc1cc(C#Cc2ccc(OC(C)C)cc2)ccc1N(C)C(=O)[C@H]1CCCN1C(=O)OC(C)(C)C. The van der Waals surface area contributed by atoms with E-state index in [9.17, 15) is 9.59 Å². The summed E-state index contributed by atoms with van der Waals surface area (Å²) in [7, 11) is 1.75. The van der Waals surface area contributed by atoms with Crippen LogP contribution < -0.4 is 9.64 Å². The van der Waals surface area contributed by atoms with Crippen molar-refractivity contribution in [1.29, 1.82) is 0 Å². The molecule has 186 valence electrons. The fourth-order valence-electron chi connectivity index (χ4n) is 4.05. The quantitative estimate of drug-likeness (QED) is 0.544. The van der Waals surface area contributed by atoms with Gasteiger partial charge in [-0.05, 0) is 102 Å². The number of rotatable bonds is 4. The van der Waals surface area contributed by atoms with Crippen molar-refractivity contribution in [2.45, 2.75) is 72.1 Å². The van der Waals surface area contributed by atoms with Crippen molar-refractivity contribution in [3.63, 3.8) is 0 Å². The van der Waals surface area contributed by atoms with Crippen LogP contribution in [0.1, 0.15) is 64.2 Å². The first kappa shape index (κ1) is 26.2. The largest absolute Gasteiger partial charge is 0.491 e. The van der Waals surface area contributed by atoms with Gasteiger partial charge >= 0.3 is 6.09 Å². The zero-order chi connectivity index (χ0) is 25.8. The molecule has 2 amide bonds. The first-order valence-corrected chi connectivity index (χ1v) is 12.1. The lowest BCUT2D eigenvalue weighted by Gasteiger charge is -2.30. The molecule has 0 bridgehead atoms. The summed E-state index contributed by atoms with van der Waals surface area (Å²) in [4.78, 5) is 29.1. The highest BCUT2D eigenvalue weighted by Crippen LogP contribution is 2.26. The third kappa shape index (κ3) is 7.02. The van der Waals surface area contributed by atoms with E-state index in [1.165, 1.54) is 0 Å². The summed E-state index contributed by atoms with van der Waals surface area (Å²) in [6.07, 6.45) is 1.11. The van der Waals surface area contributed by atoms with Crippen LogP contribution >= 0.6 is 0 Å². The van der Waals surface area contributed by atoms with Gasteiger partial charge in [0.1, 0.15) is 17.4 Å². The highest BCUT2D eigenvalue weighted by Gasteiger charge is 2.38. The lowest BCUT2D eigenvalue weighted by atomic mass is 10.1. The van der Waals surface area contributed by atoms with Crippen LogP contribution in [0.2, 0.25) is 0 Å². The van der Waals surface area contributed by atoms with E-state index in [1.54, 1.807) is 16.8 Å². The van der Waals surface area contributed by atoms with Crippen LogP contribution in [0, 0.1) is 18.8 Å². The van der Waals surface area contributed by atoms with Gasteiger partial charge in [0.15, 0.2) is 0 Å². The Balaban J connectivity index is 1.71. The molecular weight excluding hydrogens is 440 g/mol.